The van der Waals surface area contributed by atoms with Crippen LogP contribution in [-0.2, 0) is 11.3 Å². The number of fused-ring (bicyclic) bond motifs is 2. The van der Waals surface area contributed by atoms with E-state index in [1.165, 1.54) is 0 Å². The molecule has 1 aromatic carbocycles. The van der Waals surface area contributed by atoms with Crippen molar-refractivity contribution in [2.75, 3.05) is 20.4 Å². The van der Waals surface area contributed by atoms with Gasteiger partial charge in [-0.3, -0.25) is 9.59 Å². The predicted octanol–water partition coefficient (Wildman–Crippen LogP) is 0.555. The van der Waals surface area contributed by atoms with Crippen LogP contribution in [0.1, 0.15) is 22.1 Å². The van der Waals surface area contributed by atoms with Gasteiger partial charge in [0.15, 0.2) is 11.5 Å². The highest BCUT2D eigenvalue weighted by molar-refractivity contribution is 5.95. The van der Waals surface area contributed by atoms with Gasteiger partial charge in [0.1, 0.15) is 6.04 Å². The molecule has 2 aliphatic rings. The van der Waals surface area contributed by atoms with Gasteiger partial charge in [-0.2, -0.15) is 0 Å². The zero-order valence-corrected chi connectivity index (χ0v) is 13.1. The van der Waals surface area contributed by atoms with Gasteiger partial charge in [-0.25, -0.2) is 4.98 Å². The second kappa shape index (κ2) is 5.55. The summed E-state index contributed by atoms with van der Waals surface area (Å²) in [7, 11) is 1.58. The Morgan fingerprint density at radius 1 is 1.29 bits per heavy atom. The summed E-state index contributed by atoms with van der Waals surface area (Å²) in [5.41, 5.74) is 1.33. The summed E-state index contributed by atoms with van der Waals surface area (Å²) in [6, 6.07) is 4.61. The maximum atomic E-state index is 12.9. The Labute approximate surface area is 138 Å². The predicted molar refractivity (Wildman–Crippen MR) is 82.6 cm³/mol. The summed E-state index contributed by atoms with van der Waals surface area (Å²) < 4.78 is 12.4. The van der Waals surface area contributed by atoms with E-state index in [2.05, 4.69) is 10.3 Å². The van der Waals surface area contributed by atoms with Crippen molar-refractivity contribution in [2.45, 2.75) is 12.6 Å². The van der Waals surface area contributed by atoms with Crippen LogP contribution >= 0.6 is 0 Å². The topological polar surface area (TPSA) is 85.7 Å². The molecule has 0 spiro atoms. The molecular formula is C16H16N4O4. The van der Waals surface area contributed by atoms with E-state index in [4.69, 9.17) is 9.47 Å². The number of carbonyl (C=O) groups is 2. The van der Waals surface area contributed by atoms with Crippen molar-refractivity contribution in [2.24, 2.45) is 0 Å². The number of hydrogen-bond acceptors (Lipinski definition) is 5. The lowest BCUT2D eigenvalue weighted by Gasteiger charge is -2.33. The molecule has 124 valence electrons. The SMILES string of the molecule is CNC(=O)C1CN(C(=O)c2ccc3c(c2)OCO3)Cc2cncn21. The van der Waals surface area contributed by atoms with Gasteiger partial charge in [-0.15, -0.1) is 0 Å². The van der Waals surface area contributed by atoms with E-state index >= 15 is 0 Å². The molecule has 1 N–H and O–H groups in total. The second-order valence-corrected chi connectivity index (χ2v) is 5.68. The minimum Gasteiger partial charge on any atom is -0.454 e. The Hall–Kier alpha value is -3.03. The van der Waals surface area contributed by atoms with Gasteiger partial charge < -0.3 is 24.3 Å². The molecule has 24 heavy (non-hydrogen) atoms. The minimum absolute atomic E-state index is 0.155. The quantitative estimate of drug-likeness (QED) is 0.870. The molecule has 1 atom stereocenters. The maximum absolute atomic E-state index is 12.9. The summed E-state index contributed by atoms with van der Waals surface area (Å²) >= 11 is 0. The lowest BCUT2D eigenvalue weighted by Crippen LogP contribution is -2.45. The first-order valence-electron chi connectivity index (χ1n) is 7.58. The maximum Gasteiger partial charge on any atom is 0.254 e. The van der Waals surface area contributed by atoms with Crippen LogP contribution in [0.15, 0.2) is 30.7 Å². The molecule has 8 nitrogen and oxygen atoms in total. The van der Waals surface area contributed by atoms with E-state index in [9.17, 15) is 9.59 Å². The normalized spacial score (nSPS) is 18.2. The lowest BCUT2D eigenvalue weighted by atomic mass is 10.1. The van der Waals surface area contributed by atoms with Gasteiger partial charge in [-0.1, -0.05) is 0 Å². The van der Waals surface area contributed by atoms with Crippen molar-refractivity contribution in [3.8, 4) is 11.5 Å². The molecule has 0 radical (unpaired) electrons. The van der Waals surface area contributed by atoms with Crippen LogP contribution in [0.3, 0.4) is 0 Å². The fourth-order valence-electron chi connectivity index (χ4n) is 3.03. The first-order chi connectivity index (χ1) is 11.7. The minimum atomic E-state index is -0.487. The molecule has 3 heterocycles. The number of amides is 2. The van der Waals surface area contributed by atoms with Gasteiger partial charge in [0.05, 0.1) is 25.1 Å². The van der Waals surface area contributed by atoms with Crippen LogP contribution in [-0.4, -0.2) is 46.7 Å². The Balaban J connectivity index is 1.62. The number of carbonyl (C=O) groups excluding carboxylic acids is 2. The van der Waals surface area contributed by atoms with E-state index in [1.807, 2.05) is 4.57 Å². The molecule has 0 aliphatic carbocycles. The smallest absolute Gasteiger partial charge is 0.254 e. The Kier molecular flexibility index (Phi) is 3.37. The third-order valence-electron chi connectivity index (χ3n) is 4.28. The van der Waals surface area contributed by atoms with Crippen molar-refractivity contribution in [1.82, 2.24) is 19.8 Å². The highest BCUT2D eigenvalue weighted by Crippen LogP contribution is 2.33. The van der Waals surface area contributed by atoms with Crippen molar-refractivity contribution in [3.05, 3.63) is 42.0 Å². The number of hydrogen-bond donors (Lipinski definition) is 1. The fraction of sp³-hybridized carbons (Fsp3) is 0.312. The molecule has 0 fully saturated rings. The Morgan fingerprint density at radius 3 is 2.96 bits per heavy atom. The van der Waals surface area contributed by atoms with Gasteiger partial charge >= 0.3 is 0 Å². The second-order valence-electron chi connectivity index (χ2n) is 5.68. The van der Waals surface area contributed by atoms with Crippen LogP contribution in [0.25, 0.3) is 0 Å². The van der Waals surface area contributed by atoms with Crippen molar-refractivity contribution < 1.29 is 19.1 Å². The molecule has 0 saturated carbocycles. The van der Waals surface area contributed by atoms with E-state index < -0.39 is 6.04 Å². The average Bonchev–Trinajstić information content (AvgIpc) is 3.27. The number of rotatable bonds is 2. The van der Waals surface area contributed by atoms with Gasteiger partial charge in [0.2, 0.25) is 12.7 Å². The molecule has 8 heteroatoms. The monoisotopic (exact) mass is 328 g/mol. The van der Waals surface area contributed by atoms with E-state index in [0.717, 1.165) is 5.69 Å². The van der Waals surface area contributed by atoms with E-state index in [0.29, 0.717) is 23.6 Å². The summed E-state index contributed by atoms with van der Waals surface area (Å²) in [6.45, 7) is 0.853. The van der Waals surface area contributed by atoms with Crippen LogP contribution in [0, 0.1) is 0 Å². The van der Waals surface area contributed by atoms with Crippen LogP contribution < -0.4 is 14.8 Å². The van der Waals surface area contributed by atoms with Crippen molar-refractivity contribution >= 4 is 11.8 Å². The number of aromatic nitrogens is 2. The summed E-state index contributed by atoms with van der Waals surface area (Å²) in [5, 5.41) is 2.64. The first-order valence-corrected chi connectivity index (χ1v) is 7.58. The standard InChI is InChI=1S/C16H16N4O4/c1-17-15(21)12-7-19(6-11-5-18-8-20(11)12)16(22)10-2-3-13-14(4-10)24-9-23-13/h2-5,8,12H,6-7,9H2,1H3,(H,17,21). The molecular weight excluding hydrogens is 312 g/mol. The Bertz CT molecular complexity index is 816. The fourth-order valence-corrected chi connectivity index (χ4v) is 3.03. The van der Waals surface area contributed by atoms with Crippen molar-refractivity contribution in [1.29, 1.82) is 0 Å². The van der Waals surface area contributed by atoms with Crippen molar-refractivity contribution in [3.63, 3.8) is 0 Å². The first kappa shape index (κ1) is 14.6. The highest BCUT2D eigenvalue weighted by atomic mass is 16.7. The zero-order chi connectivity index (χ0) is 16.7. The summed E-state index contributed by atoms with van der Waals surface area (Å²) in [4.78, 5) is 30.7. The average molecular weight is 328 g/mol. The molecule has 1 unspecified atom stereocenters. The third kappa shape index (κ3) is 2.27. The number of ether oxygens (including phenoxy) is 2. The van der Waals surface area contributed by atoms with E-state index in [1.54, 1.807) is 42.7 Å². The summed E-state index contributed by atoms with van der Waals surface area (Å²) in [6.07, 6.45) is 3.30. The van der Waals surface area contributed by atoms with Crippen LogP contribution in [0.4, 0.5) is 0 Å². The van der Waals surface area contributed by atoms with Crippen LogP contribution in [0.2, 0.25) is 0 Å². The molecule has 2 aliphatic heterocycles. The Morgan fingerprint density at radius 2 is 2.12 bits per heavy atom. The van der Waals surface area contributed by atoms with Crippen LogP contribution in [0.5, 0.6) is 11.5 Å². The lowest BCUT2D eigenvalue weighted by molar-refractivity contribution is -0.124. The molecule has 0 bridgehead atoms. The molecule has 4 rings (SSSR count). The number of imidazole rings is 1. The highest BCUT2D eigenvalue weighted by Gasteiger charge is 2.32. The summed E-state index contributed by atoms with van der Waals surface area (Å²) in [5.74, 6) is 0.879. The molecule has 2 aromatic rings. The third-order valence-corrected chi connectivity index (χ3v) is 4.28. The van der Waals surface area contributed by atoms with Gasteiger partial charge in [-0.05, 0) is 18.2 Å². The van der Waals surface area contributed by atoms with Gasteiger partial charge in [0.25, 0.3) is 5.91 Å². The van der Waals surface area contributed by atoms with Gasteiger partial charge in [0, 0.05) is 18.8 Å². The number of benzene rings is 1. The van der Waals surface area contributed by atoms with E-state index in [-0.39, 0.29) is 25.2 Å². The number of nitrogens with zero attached hydrogens (tertiary/aromatic N) is 3. The zero-order valence-electron chi connectivity index (χ0n) is 13.1. The number of nitrogens with one attached hydrogen (secondary N) is 1. The molecule has 2 amide bonds. The number of likely N-dealkylation sites (N-methyl/N-ethyl adjacent to an activating group) is 1. The molecule has 1 aromatic heterocycles. The largest absolute Gasteiger partial charge is 0.454 e. The molecule has 0 saturated heterocycles.